The summed E-state index contributed by atoms with van der Waals surface area (Å²) in [6.07, 6.45) is 0. The van der Waals surface area contributed by atoms with Crippen molar-refractivity contribution in [3.05, 3.63) is 0 Å². The molecule has 0 N–H and O–H groups in total. The van der Waals surface area contributed by atoms with Crippen LogP contribution in [0.3, 0.4) is 0 Å². The summed E-state index contributed by atoms with van der Waals surface area (Å²) in [5, 5.41) is 7.32. The van der Waals surface area contributed by atoms with Crippen LogP contribution in [0.2, 0.25) is 0 Å². The fraction of sp³-hybridized carbons (Fsp3) is 0.500. The Morgan fingerprint density at radius 1 is 1.86 bits per heavy atom. The predicted octanol–water partition coefficient (Wildman–Crippen LogP) is 0.655. The van der Waals surface area contributed by atoms with E-state index < -0.39 is 0 Å². The average molecular weight is 197 g/mol. The number of thiocarbonyl (C=S) groups is 1. The van der Waals surface area contributed by atoms with Gasteiger partial charge in [-0.05, 0) is 0 Å². The summed E-state index contributed by atoms with van der Waals surface area (Å²) in [5.74, 6) is 0. The summed E-state index contributed by atoms with van der Waals surface area (Å²) in [6, 6.07) is 0. The molecule has 0 amide bonds. The summed E-state index contributed by atoms with van der Waals surface area (Å²) < 4.78 is 0.826. The molecule has 0 spiro atoms. The van der Waals surface area contributed by atoms with Gasteiger partial charge in [-0.2, -0.15) is 0 Å². The molecule has 0 fully saturated rings. The molecule has 0 bridgehead atoms. The first-order valence-corrected chi connectivity index (χ1v) is 4.35. The zero-order valence-corrected chi connectivity index (χ0v) is 6.66. The van der Waals surface area contributed by atoms with E-state index in [1.807, 2.05) is 0 Å². The van der Waals surface area contributed by atoms with E-state index in [9.17, 15) is 0 Å². The van der Waals surface area contributed by atoms with Crippen LogP contribution in [0.15, 0.2) is 10.2 Å². The third-order valence-electron chi connectivity index (χ3n) is 0.444. The molecule has 0 saturated carbocycles. The van der Waals surface area contributed by atoms with Crippen LogP contribution in [-0.4, -0.2) is 23.1 Å². The first-order valence-electron chi connectivity index (χ1n) is 1.58. The summed E-state index contributed by atoms with van der Waals surface area (Å²) in [7, 11) is 0. The van der Waals surface area contributed by atoms with Crippen LogP contribution in [0.5, 0.6) is 0 Å². The molecule has 1 atom stereocenters. The first kappa shape index (κ1) is 5.69. The second-order valence-electron chi connectivity index (χ2n) is 0.926. The van der Waals surface area contributed by atoms with Crippen molar-refractivity contribution in [3.63, 3.8) is 0 Å². The van der Waals surface area contributed by atoms with Crippen LogP contribution in [0.25, 0.3) is 0 Å². The molecular weight excluding hydrogens is 195 g/mol. The van der Waals surface area contributed by atoms with Crippen LogP contribution >= 0.6 is 24.8 Å². The van der Waals surface area contributed by atoms with Gasteiger partial charge in [-0.3, -0.25) is 0 Å². The zero-order valence-electron chi connectivity index (χ0n) is 3.24. The van der Waals surface area contributed by atoms with E-state index in [-0.39, 0.29) is 19.2 Å². The Hall–Kier alpha value is 0.559. The molecule has 7 heavy (non-hydrogen) atoms. The Balaban J connectivity index is 2.58. The molecule has 0 saturated heterocycles. The Morgan fingerprint density at radius 3 is 2.71 bits per heavy atom. The summed E-state index contributed by atoms with van der Waals surface area (Å²) in [5.41, 5.74) is 0. The van der Waals surface area contributed by atoms with Crippen molar-refractivity contribution in [1.29, 1.82) is 0 Å². The molecule has 0 aliphatic carbocycles. The fourth-order valence-corrected chi connectivity index (χ4v) is 2.47. The Labute approximate surface area is 58.3 Å². The van der Waals surface area contributed by atoms with Crippen molar-refractivity contribution >= 4 is 43.7 Å². The molecule has 1 aliphatic rings. The van der Waals surface area contributed by atoms with Gasteiger partial charge in [-0.1, -0.05) is 0 Å². The van der Waals surface area contributed by atoms with Gasteiger partial charge in [-0.15, -0.1) is 0 Å². The Bertz CT molecular complexity index is 123. The number of thiol groups is 1. The summed E-state index contributed by atoms with van der Waals surface area (Å²) >= 11 is 8.99. The van der Waals surface area contributed by atoms with Gasteiger partial charge in [-0.25, -0.2) is 0 Å². The van der Waals surface area contributed by atoms with E-state index in [1.54, 1.807) is 0 Å². The molecule has 5 heteroatoms. The molecule has 38 valence electrons. The van der Waals surface area contributed by atoms with Crippen LogP contribution in [-0.2, 0) is 0 Å². The minimum absolute atomic E-state index is 0.0972. The SMILES string of the molecule is S=C1N=NC(S)[Se]1. The van der Waals surface area contributed by atoms with Crippen molar-refractivity contribution < 1.29 is 0 Å². The molecule has 1 aliphatic heterocycles. The standard InChI is InChI=1S/C2H2N2S2Se/c5-1-3-4-2(6)7-1/h1,5H. The molecule has 0 radical (unpaired) electrons. The molecule has 0 aromatic carbocycles. The molecule has 2 nitrogen and oxygen atoms in total. The van der Waals surface area contributed by atoms with E-state index in [0.717, 1.165) is 3.89 Å². The number of rotatable bonds is 0. The van der Waals surface area contributed by atoms with E-state index in [2.05, 4.69) is 22.9 Å². The average Bonchev–Trinajstić information content (AvgIpc) is 1.87. The second kappa shape index (κ2) is 2.22. The summed E-state index contributed by atoms with van der Waals surface area (Å²) in [6.45, 7) is 0. The van der Waals surface area contributed by atoms with E-state index >= 15 is 0 Å². The van der Waals surface area contributed by atoms with Crippen molar-refractivity contribution in [3.8, 4) is 0 Å². The van der Waals surface area contributed by atoms with Gasteiger partial charge >= 0.3 is 58.2 Å². The Kier molecular flexibility index (Phi) is 1.80. The second-order valence-corrected chi connectivity index (χ2v) is 5.41. The fourth-order valence-electron chi connectivity index (χ4n) is 0.234. The van der Waals surface area contributed by atoms with Gasteiger partial charge in [0.2, 0.25) is 0 Å². The van der Waals surface area contributed by atoms with Crippen LogP contribution in [0.1, 0.15) is 0 Å². The third-order valence-corrected chi connectivity index (χ3v) is 2.91. The first-order chi connectivity index (χ1) is 3.29. The molecule has 0 aromatic heterocycles. The maximum absolute atomic E-state index is 4.71. The van der Waals surface area contributed by atoms with Gasteiger partial charge in [0.1, 0.15) is 0 Å². The number of nitrogens with zero attached hydrogens (tertiary/aromatic N) is 2. The predicted molar refractivity (Wildman–Crippen MR) is 36.0 cm³/mol. The van der Waals surface area contributed by atoms with Crippen LogP contribution in [0, 0.1) is 0 Å². The molecular formula is C2H2N2S2Se. The molecule has 0 aromatic rings. The van der Waals surface area contributed by atoms with Crippen LogP contribution < -0.4 is 0 Å². The topological polar surface area (TPSA) is 24.7 Å². The zero-order chi connectivity index (χ0) is 5.28. The van der Waals surface area contributed by atoms with Crippen molar-refractivity contribution in [2.45, 2.75) is 4.27 Å². The third kappa shape index (κ3) is 1.49. The van der Waals surface area contributed by atoms with Crippen molar-refractivity contribution in [2.75, 3.05) is 0 Å². The quantitative estimate of drug-likeness (QED) is 0.344. The van der Waals surface area contributed by atoms with Gasteiger partial charge < -0.3 is 0 Å². The molecule has 1 unspecified atom stereocenters. The molecule has 1 rings (SSSR count). The van der Waals surface area contributed by atoms with Crippen molar-refractivity contribution in [1.82, 2.24) is 0 Å². The van der Waals surface area contributed by atoms with Gasteiger partial charge in [0.05, 0.1) is 0 Å². The van der Waals surface area contributed by atoms with Crippen LogP contribution in [0.4, 0.5) is 0 Å². The Morgan fingerprint density at radius 2 is 2.57 bits per heavy atom. The summed E-state index contributed by atoms with van der Waals surface area (Å²) in [4.78, 5) is 0. The number of hydrogen-bond acceptors (Lipinski definition) is 3. The van der Waals surface area contributed by atoms with Gasteiger partial charge in [0.15, 0.2) is 0 Å². The monoisotopic (exact) mass is 198 g/mol. The van der Waals surface area contributed by atoms with Gasteiger partial charge in [0.25, 0.3) is 0 Å². The van der Waals surface area contributed by atoms with Gasteiger partial charge in [0, 0.05) is 0 Å². The molecule has 1 heterocycles. The normalized spacial score (nSPS) is 29.3. The number of azo groups is 1. The van der Waals surface area contributed by atoms with E-state index in [1.165, 1.54) is 0 Å². The number of hydrogen-bond donors (Lipinski definition) is 1. The van der Waals surface area contributed by atoms with E-state index in [0.29, 0.717) is 0 Å². The van der Waals surface area contributed by atoms with E-state index in [4.69, 9.17) is 12.2 Å². The van der Waals surface area contributed by atoms with Crippen molar-refractivity contribution in [2.24, 2.45) is 10.2 Å². The maximum atomic E-state index is 4.71. The minimum atomic E-state index is 0.0972.